The Morgan fingerprint density at radius 1 is 1.12 bits per heavy atom. The van der Waals surface area contributed by atoms with Gasteiger partial charge in [-0.05, 0) is 24.0 Å². The first-order chi connectivity index (χ1) is 16.0. The highest BCUT2D eigenvalue weighted by Crippen LogP contribution is 2.33. The van der Waals surface area contributed by atoms with Crippen molar-refractivity contribution in [2.75, 3.05) is 6.61 Å². The van der Waals surface area contributed by atoms with Crippen LogP contribution in [0, 0.1) is 5.92 Å². The van der Waals surface area contributed by atoms with Crippen LogP contribution in [-0.2, 0) is 28.6 Å². The summed E-state index contributed by atoms with van der Waals surface area (Å²) in [7, 11) is 0. The van der Waals surface area contributed by atoms with Crippen LogP contribution in [0.15, 0.2) is 36.4 Å². The number of rotatable bonds is 11. The van der Waals surface area contributed by atoms with Crippen molar-refractivity contribution in [1.29, 1.82) is 0 Å². The van der Waals surface area contributed by atoms with Crippen LogP contribution >= 0.6 is 0 Å². The number of ether oxygens (including phenoxy) is 3. The van der Waals surface area contributed by atoms with Crippen LogP contribution in [0.2, 0.25) is 0 Å². The lowest BCUT2D eigenvalue weighted by Crippen LogP contribution is -2.63. The monoisotopic (exact) mass is 482 g/mol. The van der Waals surface area contributed by atoms with Gasteiger partial charge in [-0.1, -0.05) is 44.2 Å². The van der Waals surface area contributed by atoms with Crippen LogP contribution in [0.3, 0.4) is 0 Å². The molecule has 0 radical (unpaired) electrons. The van der Waals surface area contributed by atoms with E-state index in [9.17, 15) is 39.9 Å². The fourth-order valence-electron chi connectivity index (χ4n) is 3.69. The predicted molar refractivity (Wildman–Crippen MR) is 116 cm³/mol. The summed E-state index contributed by atoms with van der Waals surface area (Å²) in [6.07, 6.45) is -7.09. The summed E-state index contributed by atoms with van der Waals surface area (Å²) < 4.78 is 16.0. The van der Waals surface area contributed by atoms with E-state index in [1.807, 2.05) is 0 Å². The minimum atomic E-state index is -2.28. The summed E-state index contributed by atoms with van der Waals surface area (Å²) >= 11 is 0. The molecule has 11 heteroatoms. The number of hydrogen-bond acceptors (Lipinski definition) is 9. The first-order valence-corrected chi connectivity index (χ1v) is 10.7. The third-order valence-corrected chi connectivity index (χ3v) is 5.19. The van der Waals surface area contributed by atoms with E-state index >= 15 is 0 Å². The highest BCUT2D eigenvalue weighted by molar-refractivity contribution is 5.87. The van der Waals surface area contributed by atoms with E-state index in [2.05, 4.69) is 0 Å². The number of hydrogen-bond donors (Lipinski definition) is 5. The molecule has 0 unspecified atom stereocenters. The van der Waals surface area contributed by atoms with Gasteiger partial charge in [-0.25, -0.2) is 9.59 Å². The number of aliphatic hydroxyl groups excluding tert-OH is 3. The Hall–Kier alpha value is -2.83. The molecular formula is C23H30O11. The Kier molecular flexibility index (Phi) is 9.71. The number of carboxylic acids is 2. The molecule has 1 aliphatic heterocycles. The van der Waals surface area contributed by atoms with Crippen molar-refractivity contribution < 1.29 is 54.1 Å². The highest BCUT2D eigenvalue weighted by atomic mass is 16.7. The van der Waals surface area contributed by atoms with Crippen molar-refractivity contribution in [2.24, 2.45) is 5.92 Å². The average molecular weight is 482 g/mol. The molecular weight excluding hydrogens is 452 g/mol. The number of carbonyl (C=O) groups is 3. The summed E-state index contributed by atoms with van der Waals surface area (Å²) in [5.74, 6) is -4.29. The molecule has 0 bridgehead atoms. The summed E-state index contributed by atoms with van der Waals surface area (Å²) in [6.45, 7) is 2.54. The zero-order valence-electron chi connectivity index (χ0n) is 18.8. The molecule has 0 saturated carbocycles. The molecule has 1 fully saturated rings. The van der Waals surface area contributed by atoms with E-state index in [4.69, 9.17) is 14.2 Å². The van der Waals surface area contributed by atoms with Gasteiger partial charge in [-0.2, -0.15) is 0 Å². The van der Waals surface area contributed by atoms with Gasteiger partial charge in [0.2, 0.25) is 0 Å². The van der Waals surface area contributed by atoms with Gasteiger partial charge in [0.25, 0.3) is 0 Å². The SMILES string of the molecule is CC(C)C[C@](CC(=O)O)(O[C@@H]1O[C@H](CO)[C@@H](O)[C@H](OC(=O)/C=C/c2ccccc2)[C@H]1O)C(=O)O. The minimum Gasteiger partial charge on any atom is -0.481 e. The molecule has 11 nitrogen and oxygen atoms in total. The van der Waals surface area contributed by atoms with Crippen LogP contribution in [0.4, 0.5) is 0 Å². The zero-order valence-corrected chi connectivity index (χ0v) is 18.8. The fourth-order valence-corrected chi connectivity index (χ4v) is 3.69. The maximum absolute atomic E-state index is 12.3. The molecule has 5 N–H and O–H groups in total. The number of aliphatic carboxylic acids is 2. The molecule has 1 saturated heterocycles. The largest absolute Gasteiger partial charge is 0.481 e. The van der Waals surface area contributed by atoms with Gasteiger partial charge >= 0.3 is 17.9 Å². The topological polar surface area (TPSA) is 180 Å². The maximum atomic E-state index is 12.3. The molecule has 188 valence electrons. The maximum Gasteiger partial charge on any atom is 0.336 e. The molecule has 6 atom stereocenters. The molecule has 1 aromatic carbocycles. The van der Waals surface area contributed by atoms with Gasteiger partial charge in [0.1, 0.15) is 18.3 Å². The molecule has 0 amide bonds. The second-order valence-corrected chi connectivity index (χ2v) is 8.44. The first-order valence-electron chi connectivity index (χ1n) is 10.7. The number of esters is 1. The molecule has 1 aliphatic rings. The molecule has 2 rings (SSSR count). The zero-order chi connectivity index (χ0) is 25.5. The van der Waals surface area contributed by atoms with E-state index in [0.717, 1.165) is 6.08 Å². The first kappa shape index (κ1) is 27.4. The van der Waals surface area contributed by atoms with Crippen LogP contribution < -0.4 is 0 Å². The van der Waals surface area contributed by atoms with Gasteiger partial charge in [-0.15, -0.1) is 0 Å². The quantitative estimate of drug-likeness (QED) is 0.218. The van der Waals surface area contributed by atoms with E-state index in [0.29, 0.717) is 5.56 Å². The summed E-state index contributed by atoms with van der Waals surface area (Å²) in [5.41, 5.74) is -1.59. The lowest BCUT2D eigenvalue weighted by atomic mass is 9.88. The Bertz CT molecular complexity index is 869. The average Bonchev–Trinajstić information content (AvgIpc) is 2.76. The highest BCUT2D eigenvalue weighted by Gasteiger charge is 2.52. The van der Waals surface area contributed by atoms with Crippen LogP contribution in [0.5, 0.6) is 0 Å². The van der Waals surface area contributed by atoms with Crippen molar-refractivity contribution in [3.05, 3.63) is 42.0 Å². The number of carbonyl (C=O) groups excluding carboxylic acids is 1. The Morgan fingerprint density at radius 2 is 1.76 bits per heavy atom. The summed E-state index contributed by atoms with van der Waals surface area (Å²) in [5, 5.41) is 49.8. The van der Waals surface area contributed by atoms with E-state index < -0.39 is 67.2 Å². The summed E-state index contributed by atoms with van der Waals surface area (Å²) in [6, 6.07) is 8.77. The number of carboxylic acid groups (broad SMARTS) is 2. The van der Waals surface area contributed by atoms with Gasteiger partial charge < -0.3 is 39.7 Å². The van der Waals surface area contributed by atoms with Gasteiger partial charge in [-0.3, -0.25) is 4.79 Å². The lowest BCUT2D eigenvalue weighted by molar-refractivity contribution is -0.327. The Balaban J connectivity index is 2.27. The van der Waals surface area contributed by atoms with Crippen LogP contribution in [-0.4, -0.2) is 86.4 Å². The molecule has 0 aromatic heterocycles. The second kappa shape index (κ2) is 12.0. The molecule has 0 spiro atoms. The Labute approximate surface area is 196 Å². The standard InChI is InChI=1S/C23H30O11/c1-13(2)10-23(22(30)31,11-16(25)26)34-21-19(29)20(18(28)15(12-24)32-21)33-17(27)9-8-14-6-4-3-5-7-14/h3-9,13,15,18-21,24,28-29H,10-12H2,1-2H3,(H,25,26)(H,30,31)/b9-8+/t15-,18-,19-,20+,21+,23-/m1/s1. The lowest BCUT2D eigenvalue weighted by Gasteiger charge is -2.44. The number of aliphatic hydroxyl groups is 3. The fraction of sp³-hybridized carbons (Fsp3) is 0.522. The van der Waals surface area contributed by atoms with Gasteiger partial charge in [0.05, 0.1) is 13.0 Å². The third-order valence-electron chi connectivity index (χ3n) is 5.19. The van der Waals surface area contributed by atoms with E-state index in [-0.39, 0.29) is 12.3 Å². The molecule has 34 heavy (non-hydrogen) atoms. The minimum absolute atomic E-state index is 0.238. The van der Waals surface area contributed by atoms with Crippen molar-refractivity contribution in [1.82, 2.24) is 0 Å². The van der Waals surface area contributed by atoms with E-state index in [1.54, 1.807) is 44.2 Å². The number of benzene rings is 1. The van der Waals surface area contributed by atoms with Gasteiger partial charge in [0.15, 0.2) is 18.0 Å². The van der Waals surface area contributed by atoms with Gasteiger partial charge in [0, 0.05) is 6.08 Å². The molecule has 0 aliphatic carbocycles. The van der Waals surface area contributed by atoms with Crippen molar-refractivity contribution in [2.45, 2.75) is 63.0 Å². The normalized spacial score (nSPS) is 26.8. The Morgan fingerprint density at radius 3 is 2.29 bits per heavy atom. The predicted octanol–water partition coefficient (Wildman–Crippen LogP) is 0.411. The van der Waals surface area contributed by atoms with Crippen molar-refractivity contribution in [3.63, 3.8) is 0 Å². The molecule has 1 heterocycles. The second-order valence-electron chi connectivity index (χ2n) is 8.44. The van der Waals surface area contributed by atoms with Crippen molar-refractivity contribution in [3.8, 4) is 0 Å². The summed E-state index contributed by atoms with van der Waals surface area (Å²) in [4.78, 5) is 35.8. The van der Waals surface area contributed by atoms with Crippen LogP contribution in [0.1, 0.15) is 32.3 Å². The third kappa shape index (κ3) is 7.08. The van der Waals surface area contributed by atoms with Crippen LogP contribution in [0.25, 0.3) is 6.08 Å². The molecule has 1 aromatic rings. The smallest absolute Gasteiger partial charge is 0.336 e. The van der Waals surface area contributed by atoms with E-state index in [1.165, 1.54) is 6.08 Å². The van der Waals surface area contributed by atoms with Crippen molar-refractivity contribution >= 4 is 24.0 Å².